The lowest BCUT2D eigenvalue weighted by Crippen LogP contribution is -2.29. The number of nitrogens with one attached hydrogen (secondary N) is 2. The van der Waals surface area contributed by atoms with Crippen molar-refractivity contribution in [3.8, 4) is 22.8 Å². The summed E-state index contributed by atoms with van der Waals surface area (Å²) in [7, 11) is 3.16. The first-order chi connectivity index (χ1) is 26.9. The molecule has 3 heterocycles. The number of methoxy groups -OCH3 is 2. The Labute approximate surface area is 320 Å². The van der Waals surface area contributed by atoms with E-state index in [9.17, 15) is 22.8 Å². The van der Waals surface area contributed by atoms with E-state index in [1.54, 1.807) is 50.7 Å². The summed E-state index contributed by atoms with van der Waals surface area (Å²) >= 11 is 0. The summed E-state index contributed by atoms with van der Waals surface area (Å²) in [6.07, 6.45) is 5.81. The van der Waals surface area contributed by atoms with E-state index in [0.717, 1.165) is 54.2 Å². The number of carboxylic acid groups (broad SMARTS) is 1. The third-order valence-electron chi connectivity index (χ3n) is 9.43. The van der Waals surface area contributed by atoms with Crippen LogP contribution in [0.25, 0.3) is 28.2 Å². The fourth-order valence-corrected chi connectivity index (χ4v) is 6.68. The summed E-state index contributed by atoms with van der Waals surface area (Å²) in [5.41, 5.74) is 9.43. The van der Waals surface area contributed by atoms with E-state index in [2.05, 4.69) is 15.6 Å². The van der Waals surface area contributed by atoms with Crippen LogP contribution >= 0.6 is 0 Å². The Morgan fingerprint density at radius 2 is 1.86 bits per heavy atom. The molecule has 0 bridgehead atoms. The second-order valence-corrected chi connectivity index (χ2v) is 13.3. The van der Waals surface area contributed by atoms with Crippen LogP contribution in [0.1, 0.15) is 65.2 Å². The van der Waals surface area contributed by atoms with E-state index in [-0.39, 0.29) is 36.7 Å². The first-order valence-corrected chi connectivity index (χ1v) is 18.0. The molecule has 5 N–H and O–H groups in total. The highest BCUT2D eigenvalue weighted by molar-refractivity contribution is 6.06. The van der Waals surface area contributed by atoms with Gasteiger partial charge in [0.05, 0.1) is 43.3 Å². The zero-order valence-corrected chi connectivity index (χ0v) is 30.8. The highest BCUT2D eigenvalue weighted by Crippen LogP contribution is 2.40. The molecule has 16 heteroatoms. The van der Waals surface area contributed by atoms with Gasteiger partial charge in [-0.05, 0) is 68.5 Å². The molecule has 294 valence electrons. The average Bonchev–Trinajstić information content (AvgIpc) is 3.60. The number of carbonyl (C=O) groups excluding carboxylic acids is 1. The van der Waals surface area contributed by atoms with Crippen molar-refractivity contribution in [3.05, 3.63) is 95.3 Å². The summed E-state index contributed by atoms with van der Waals surface area (Å²) in [4.78, 5) is 32.8. The van der Waals surface area contributed by atoms with Crippen molar-refractivity contribution in [3.63, 3.8) is 0 Å². The molecule has 1 amide bonds. The summed E-state index contributed by atoms with van der Waals surface area (Å²) in [5.74, 6) is -0.0923. The van der Waals surface area contributed by atoms with Crippen LogP contribution in [-0.2, 0) is 22.3 Å². The Morgan fingerprint density at radius 1 is 1.05 bits per heavy atom. The number of carboxylic acids is 1. The van der Waals surface area contributed by atoms with Gasteiger partial charge in [-0.15, -0.1) is 0 Å². The maximum atomic E-state index is 13.3. The number of aliphatic carboxylic acids is 1. The standard InChI is InChI=1S/C40H42F3N7O6/c1-54-31-14-13-26(32(20-31)55-2)21-46-38-35-36(24-9-11-25(12-10-24)39(53)48-33-18-28(15-16-45-33)40(41,42)43)49-50(30-8-5-7-29(44)19-30)37(35)27(22-47-38)6-3-4-17-56-23-34(51)52/h3,6,9-16,18,20,22,29-30H,4-5,7-8,17,19,21,23,44H2,1-2H3,(H,46,47)(H,51,52)(H,45,48,53)/b6-3+/t29-,30-/m1/s1. The number of halogens is 3. The molecule has 1 aliphatic rings. The Balaban J connectivity index is 1.40. The topological polar surface area (TPSA) is 176 Å². The molecule has 2 atom stereocenters. The molecule has 1 saturated carbocycles. The van der Waals surface area contributed by atoms with E-state index < -0.39 is 23.6 Å². The van der Waals surface area contributed by atoms with E-state index in [4.69, 9.17) is 35.1 Å². The van der Waals surface area contributed by atoms with Crippen molar-refractivity contribution in [1.82, 2.24) is 19.7 Å². The Bertz CT molecular complexity index is 2210. The fraction of sp³-hybridized carbons (Fsp3) is 0.325. The lowest BCUT2D eigenvalue weighted by Gasteiger charge is -2.27. The third-order valence-corrected chi connectivity index (χ3v) is 9.43. The number of carbonyl (C=O) groups is 2. The minimum atomic E-state index is -4.59. The molecule has 0 aliphatic heterocycles. The Kier molecular flexibility index (Phi) is 12.5. The number of aromatic nitrogens is 4. The number of hydrogen-bond acceptors (Lipinski definition) is 10. The molecule has 0 radical (unpaired) electrons. The van der Waals surface area contributed by atoms with Crippen LogP contribution in [0.15, 0.2) is 73.1 Å². The molecule has 1 fully saturated rings. The first-order valence-electron chi connectivity index (χ1n) is 18.0. The molecule has 0 spiro atoms. The van der Waals surface area contributed by atoms with Gasteiger partial charge in [0, 0.05) is 53.3 Å². The van der Waals surface area contributed by atoms with Gasteiger partial charge in [0.25, 0.3) is 5.91 Å². The number of nitrogens with zero attached hydrogens (tertiary/aromatic N) is 4. The number of pyridine rings is 2. The number of anilines is 2. The molecule has 0 saturated heterocycles. The van der Waals surface area contributed by atoms with Crippen molar-refractivity contribution in [2.75, 3.05) is 38.1 Å². The second kappa shape index (κ2) is 17.6. The maximum Gasteiger partial charge on any atom is 0.416 e. The summed E-state index contributed by atoms with van der Waals surface area (Å²) < 4.78 is 58.0. The second-order valence-electron chi connectivity index (χ2n) is 13.3. The molecule has 2 aromatic carbocycles. The van der Waals surface area contributed by atoms with E-state index in [0.29, 0.717) is 53.3 Å². The van der Waals surface area contributed by atoms with E-state index >= 15 is 0 Å². The quantitative estimate of drug-likeness (QED) is 0.0784. The number of nitrogens with two attached hydrogens (primary N) is 1. The third kappa shape index (κ3) is 9.44. The first kappa shape index (κ1) is 39.7. The Morgan fingerprint density at radius 3 is 2.57 bits per heavy atom. The highest BCUT2D eigenvalue weighted by Gasteiger charge is 2.31. The molecule has 6 rings (SSSR count). The van der Waals surface area contributed by atoms with Crippen LogP contribution in [0, 0.1) is 0 Å². The monoisotopic (exact) mass is 773 g/mol. The molecule has 1 aliphatic carbocycles. The molecule has 3 aromatic heterocycles. The number of benzene rings is 2. The molecule has 5 aromatic rings. The van der Waals surface area contributed by atoms with Gasteiger partial charge in [0.15, 0.2) is 0 Å². The predicted octanol–water partition coefficient (Wildman–Crippen LogP) is 7.34. The maximum absolute atomic E-state index is 13.3. The van der Waals surface area contributed by atoms with Crippen molar-refractivity contribution in [1.29, 1.82) is 0 Å². The van der Waals surface area contributed by atoms with Crippen LogP contribution in [-0.4, -0.2) is 70.2 Å². The minimum Gasteiger partial charge on any atom is -0.497 e. The van der Waals surface area contributed by atoms with Gasteiger partial charge in [-0.2, -0.15) is 18.3 Å². The summed E-state index contributed by atoms with van der Waals surface area (Å²) in [5, 5.41) is 20.8. The average molecular weight is 774 g/mol. The minimum absolute atomic E-state index is 0.00657. The molecule has 0 unspecified atom stereocenters. The van der Waals surface area contributed by atoms with Crippen molar-refractivity contribution < 1.29 is 42.1 Å². The Hall–Kier alpha value is -6.00. The zero-order valence-electron chi connectivity index (χ0n) is 30.8. The van der Waals surface area contributed by atoms with Crippen molar-refractivity contribution in [2.24, 2.45) is 5.73 Å². The molecule has 13 nitrogen and oxygen atoms in total. The highest BCUT2D eigenvalue weighted by atomic mass is 19.4. The van der Waals surface area contributed by atoms with E-state index in [1.165, 1.54) is 0 Å². The molecular weight excluding hydrogens is 731 g/mol. The molecule has 56 heavy (non-hydrogen) atoms. The SMILES string of the molecule is COc1ccc(CNc2ncc(/C=C/CCOCC(=O)O)c3c2c(-c2ccc(C(=O)Nc4cc(C(F)(F)F)ccn4)cc2)nn3[C@@H]2CCC[C@@H](N)C2)c(OC)c1. The number of rotatable bonds is 15. The van der Waals surface area contributed by atoms with Gasteiger partial charge in [-0.1, -0.05) is 24.3 Å². The van der Waals surface area contributed by atoms with E-state index in [1.807, 2.05) is 29.0 Å². The van der Waals surface area contributed by atoms with Gasteiger partial charge in [0.2, 0.25) is 0 Å². The van der Waals surface area contributed by atoms with Gasteiger partial charge < -0.3 is 35.7 Å². The lowest BCUT2D eigenvalue weighted by atomic mass is 9.91. The van der Waals surface area contributed by atoms with Gasteiger partial charge >= 0.3 is 12.1 Å². The van der Waals surface area contributed by atoms with Crippen molar-refractivity contribution >= 4 is 40.5 Å². The predicted molar refractivity (Wildman–Crippen MR) is 205 cm³/mol. The normalized spacial score (nSPS) is 15.9. The van der Waals surface area contributed by atoms with Crippen molar-refractivity contribution in [2.45, 2.75) is 56.9 Å². The largest absolute Gasteiger partial charge is 0.497 e. The van der Waals surface area contributed by atoms with Crippen LogP contribution in [0.4, 0.5) is 24.8 Å². The fourth-order valence-electron chi connectivity index (χ4n) is 6.68. The summed E-state index contributed by atoms with van der Waals surface area (Å²) in [6, 6.07) is 13.7. The zero-order chi connectivity index (χ0) is 39.8. The van der Waals surface area contributed by atoms with Crippen LogP contribution in [0.2, 0.25) is 0 Å². The number of hydrogen-bond donors (Lipinski definition) is 4. The van der Waals surface area contributed by atoms with Gasteiger partial charge in [-0.25, -0.2) is 14.8 Å². The van der Waals surface area contributed by atoms with Gasteiger partial charge in [-0.3, -0.25) is 9.48 Å². The number of alkyl halides is 3. The smallest absolute Gasteiger partial charge is 0.416 e. The number of amides is 1. The lowest BCUT2D eigenvalue weighted by molar-refractivity contribution is -0.142. The number of fused-ring (bicyclic) bond motifs is 1. The molecular formula is C40H42F3N7O6. The number of ether oxygens (including phenoxy) is 3. The van der Waals surface area contributed by atoms with Crippen LogP contribution in [0.5, 0.6) is 11.5 Å². The van der Waals surface area contributed by atoms with Crippen LogP contribution in [0.3, 0.4) is 0 Å². The van der Waals surface area contributed by atoms with Crippen LogP contribution < -0.4 is 25.8 Å². The summed E-state index contributed by atoms with van der Waals surface area (Å²) in [6.45, 7) is 0.168. The van der Waals surface area contributed by atoms with Gasteiger partial charge in [0.1, 0.15) is 35.4 Å².